The van der Waals surface area contributed by atoms with Crippen molar-refractivity contribution in [2.24, 2.45) is 0 Å². The fourth-order valence-electron chi connectivity index (χ4n) is 4.15. The highest BCUT2D eigenvalue weighted by atomic mass is 16.6. The average Bonchev–Trinajstić information content (AvgIpc) is 3.22. The van der Waals surface area contributed by atoms with Crippen molar-refractivity contribution in [1.82, 2.24) is 10.6 Å². The molecule has 18 nitrogen and oxygen atoms in total. The summed E-state index contributed by atoms with van der Waals surface area (Å²) >= 11 is 0. The molecule has 0 aromatic heterocycles. The van der Waals surface area contributed by atoms with E-state index in [0.29, 0.717) is 22.7 Å². The molecule has 0 bridgehead atoms. The largest absolute Gasteiger partial charge is 0.453 e. The van der Waals surface area contributed by atoms with E-state index in [1.54, 1.807) is 24.3 Å². The van der Waals surface area contributed by atoms with Gasteiger partial charge in [0, 0.05) is 22.7 Å². The maximum atomic E-state index is 11.1. The summed E-state index contributed by atoms with van der Waals surface area (Å²) in [5.74, 6) is 0. The number of rotatable bonds is 9. The molecule has 0 radical (unpaired) electrons. The lowest BCUT2D eigenvalue weighted by atomic mass is 10.0. The molecule has 0 fully saturated rings. The van der Waals surface area contributed by atoms with E-state index in [9.17, 15) is 28.8 Å². The number of amides is 6. The fourth-order valence-corrected chi connectivity index (χ4v) is 4.15. The Morgan fingerprint density at radius 1 is 0.350 bits per heavy atom. The predicted octanol–water partition coefficient (Wildman–Crippen LogP) is 9.54. The van der Waals surface area contributed by atoms with E-state index in [2.05, 4.69) is 60.3 Å². The van der Waals surface area contributed by atoms with Gasteiger partial charge < -0.3 is 39.1 Å². The quantitative estimate of drug-likeness (QED) is 0.0684. The molecule has 60 heavy (non-hydrogen) atoms. The van der Waals surface area contributed by atoms with Gasteiger partial charge in [0.1, 0.15) is 0 Å². The molecule has 0 atom stereocenters. The third-order valence-corrected chi connectivity index (χ3v) is 6.98. The Kier molecular flexibility index (Phi) is 29.9. The summed E-state index contributed by atoms with van der Waals surface area (Å²) in [6, 6.07) is 29.7. The van der Waals surface area contributed by atoms with Crippen LogP contribution < -0.4 is 31.9 Å². The fraction of sp³-hybridized carbons (Fsp3) is 0.286. The number of hydrogen-bond acceptors (Lipinski definition) is 12. The summed E-state index contributed by atoms with van der Waals surface area (Å²) in [7, 11) is 7.73. The van der Waals surface area contributed by atoms with E-state index in [1.807, 2.05) is 72.8 Å². The van der Waals surface area contributed by atoms with Crippen molar-refractivity contribution in [3.05, 3.63) is 108 Å². The summed E-state index contributed by atoms with van der Waals surface area (Å²) in [5.41, 5.74) is 6.85. The van der Waals surface area contributed by atoms with Crippen LogP contribution in [-0.4, -0.2) is 85.9 Å². The first kappa shape index (κ1) is 56.8. The second kappa shape index (κ2) is 31.6. The monoisotopic (exact) mass is 840 g/mol. The van der Waals surface area contributed by atoms with E-state index in [0.717, 1.165) is 28.7 Å². The van der Waals surface area contributed by atoms with Gasteiger partial charge >= 0.3 is 36.6 Å². The summed E-state index contributed by atoms with van der Waals surface area (Å²) in [6.07, 6.45) is -2.48. The maximum absolute atomic E-state index is 11.1. The number of anilines is 4. The van der Waals surface area contributed by atoms with E-state index >= 15 is 0 Å². The molecule has 4 rings (SSSR count). The number of ether oxygens (including phenoxy) is 6. The smallest absolute Gasteiger partial charge is 0.411 e. The Bertz CT molecular complexity index is 1720. The molecule has 6 N–H and O–H groups in total. The molecule has 4 aromatic rings. The number of benzene rings is 4. The van der Waals surface area contributed by atoms with Gasteiger partial charge in [-0.05, 0) is 77.2 Å². The van der Waals surface area contributed by atoms with Crippen LogP contribution in [0.4, 0.5) is 51.5 Å². The zero-order valence-corrected chi connectivity index (χ0v) is 31.6. The van der Waals surface area contributed by atoms with Crippen LogP contribution in [0.15, 0.2) is 97.1 Å². The normalized spacial score (nSPS) is 8.83. The number of methoxy groups -OCH3 is 6. The van der Waals surface area contributed by atoms with Crippen LogP contribution in [0.5, 0.6) is 0 Å². The molecule has 330 valence electrons. The van der Waals surface area contributed by atoms with Crippen LogP contribution in [0.3, 0.4) is 0 Å². The molecule has 0 aliphatic rings. The first-order chi connectivity index (χ1) is 26.9. The van der Waals surface area contributed by atoms with Crippen LogP contribution in [0.25, 0.3) is 11.1 Å². The average molecular weight is 841 g/mol. The lowest BCUT2D eigenvalue weighted by molar-refractivity contribution is 0.162. The van der Waals surface area contributed by atoms with Crippen molar-refractivity contribution in [2.45, 2.75) is 36.1 Å². The molecular formula is C42H60N6O12. The molecule has 0 heterocycles. The highest BCUT2D eigenvalue weighted by molar-refractivity contribution is 5.87. The maximum Gasteiger partial charge on any atom is 0.411 e. The Labute approximate surface area is 352 Å². The molecule has 6 amide bonds. The lowest BCUT2D eigenvalue weighted by Gasteiger charge is -2.07. The third-order valence-electron chi connectivity index (χ3n) is 6.98. The summed E-state index contributed by atoms with van der Waals surface area (Å²) < 4.78 is 26.6. The van der Waals surface area contributed by atoms with Gasteiger partial charge in [-0.3, -0.25) is 21.3 Å². The first-order valence-electron chi connectivity index (χ1n) is 16.3. The minimum atomic E-state index is -0.610. The van der Waals surface area contributed by atoms with Crippen LogP contribution in [0.2, 0.25) is 0 Å². The highest BCUT2D eigenvalue weighted by Gasteiger charge is 2.06. The van der Waals surface area contributed by atoms with Crippen LogP contribution in [0, 0.1) is 0 Å². The van der Waals surface area contributed by atoms with Crippen molar-refractivity contribution in [2.75, 3.05) is 70.6 Å². The standard InChI is InChI=1S/C17H18N2O4.C16H16N2O4.C5H10N2O4.4CH4/c1-22-16(20)18-14-7-3-12(4-8-14)11-13-5-9-15(10-6-13)19-17(21)23-2;1-21-15(19)17-13-7-3-11(4-8-13)12-5-9-14(10-6-12)18-16(20)22-2;1-10-4(8)6-3-7-5(9)11-2;;;;/h3-10H,11H2,1-2H3,(H,18,20)(H,19,21);3-10H,1-2H3,(H,17,19)(H,18,20);3H2,1-2H3,(H,6,8)(H,7,9);4*1H4. The summed E-state index contributed by atoms with van der Waals surface area (Å²) in [4.78, 5) is 65.2. The van der Waals surface area contributed by atoms with Crippen molar-refractivity contribution in [1.29, 1.82) is 0 Å². The van der Waals surface area contributed by atoms with Crippen LogP contribution >= 0.6 is 0 Å². The van der Waals surface area contributed by atoms with Crippen molar-refractivity contribution >= 4 is 59.3 Å². The Morgan fingerprint density at radius 2 is 0.567 bits per heavy atom. The zero-order valence-electron chi connectivity index (χ0n) is 31.6. The zero-order chi connectivity index (χ0) is 41.3. The topological polar surface area (TPSA) is 230 Å². The predicted molar refractivity (Wildman–Crippen MR) is 235 cm³/mol. The van der Waals surface area contributed by atoms with Gasteiger partial charge in [0.25, 0.3) is 0 Å². The Hall–Kier alpha value is -7.50. The number of alkyl carbamates (subject to hydrolysis) is 2. The molecule has 0 aliphatic heterocycles. The molecule has 0 unspecified atom stereocenters. The van der Waals surface area contributed by atoms with E-state index in [4.69, 9.17) is 0 Å². The van der Waals surface area contributed by atoms with E-state index < -0.39 is 36.6 Å². The van der Waals surface area contributed by atoms with Gasteiger partial charge in [0.05, 0.1) is 49.3 Å². The SMILES string of the molecule is C.C.C.C.COC(=O)NCNC(=O)OC.COC(=O)Nc1ccc(-c2ccc(NC(=O)OC)cc2)cc1.COC(=O)Nc1ccc(Cc2ccc(NC(=O)OC)cc2)cc1. The van der Waals surface area contributed by atoms with Crippen LogP contribution in [0.1, 0.15) is 40.8 Å². The molecule has 18 heteroatoms. The Morgan fingerprint density at radius 3 is 0.783 bits per heavy atom. The summed E-state index contributed by atoms with van der Waals surface area (Å²) in [6.45, 7) is -0.0145. The van der Waals surface area contributed by atoms with Gasteiger partial charge in [0.2, 0.25) is 0 Å². The highest BCUT2D eigenvalue weighted by Crippen LogP contribution is 2.23. The summed E-state index contributed by atoms with van der Waals surface area (Å²) in [5, 5.41) is 14.8. The van der Waals surface area contributed by atoms with Gasteiger partial charge in [-0.25, -0.2) is 28.8 Å². The lowest BCUT2D eigenvalue weighted by Crippen LogP contribution is -2.36. The molecular weight excluding hydrogens is 780 g/mol. The van der Waals surface area contributed by atoms with Gasteiger partial charge in [-0.1, -0.05) is 78.2 Å². The number of carbonyl (C=O) groups excluding carboxylic acids is 6. The van der Waals surface area contributed by atoms with Gasteiger partial charge in [0.15, 0.2) is 0 Å². The van der Waals surface area contributed by atoms with Gasteiger partial charge in [-0.2, -0.15) is 0 Å². The van der Waals surface area contributed by atoms with E-state index in [1.165, 1.54) is 42.7 Å². The number of hydrogen-bond donors (Lipinski definition) is 6. The number of nitrogens with one attached hydrogen (secondary N) is 6. The molecule has 0 saturated heterocycles. The van der Waals surface area contributed by atoms with Crippen molar-refractivity contribution in [3.8, 4) is 11.1 Å². The minimum absolute atomic E-state index is 0. The van der Waals surface area contributed by atoms with Crippen molar-refractivity contribution < 1.29 is 57.2 Å². The van der Waals surface area contributed by atoms with Gasteiger partial charge in [-0.15, -0.1) is 0 Å². The molecule has 0 spiro atoms. The second-order valence-corrected chi connectivity index (χ2v) is 10.7. The molecule has 0 aliphatic carbocycles. The first-order valence-corrected chi connectivity index (χ1v) is 16.3. The molecule has 0 saturated carbocycles. The molecule has 4 aromatic carbocycles. The second-order valence-electron chi connectivity index (χ2n) is 10.7. The minimum Gasteiger partial charge on any atom is -0.453 e. The Balaban J connectivity index is -0.000000831. The van der Waals surface area contributed by atoms with E-state index in [-0.39, 0.29) is 36.4 Å². The van der Waals surface area contributed by atoms with Crippen molar-refractivity contribution in [3.63, 3.8) is 0 Å². The van der Waals surface area contributed by atoms with Crippen LogP contribution in [-0.2, 0) is 34.8 Å². The third kappa shape index (κ3) is 22.3. The number of carbonyl (C=O) groups is 6.